The number of halogens is 1. The third-order valence-corrected chi connectivity index (χ3v) is 1.78. The Morgan fingerprint density at radius 3 is 2.67 bits per heavy atom. The van der Waals surface area contributed by atoms with Crippen molar-refractivity contribution in [3.8, 4) is 11.5 Å². The molecule has 76 valence electrons. The Morgan fingerprint density at radius 2 is 1.93 bits per heavy atom. The van der Waals surface area contributed by atoms with Gasteiger partial charge in [-0.3, -0.25) is 0 Å². The molecule has 0 aliphatic carbocycles. The van der Waals surface area contributed by atoms with Crippen molar-refractivity contribution >= 4 is 0 Å². The standard InChI is InChI=1S/C11H8FNO2/c12-9-3-1-4-10(7-9)15-11-5-2-6-13(14)8-11/h1-8H. The second kappa shape index (κ2) is 3.96. The van der Waals surface area contributed by atoms with Crippen LogP contribution < -0.4 is 9.47 Å². The molecule has 0 aliphatic heterocycles. The van der Waals surface area contributed by atoms with E-state index in [4.69, 9.17) is 4.74 Å². The highest BCUT2D eigenvalue weighted by Crippen LogP contribution is 2.19. The predicted octanol–water partition coefficient (Wildman–Crippen LogP) is 2.25. The molecule has 1 heterocycles. The zero-order chi connectivity index (χ0) is 10.7. The maximum atomic E-state index is 12.8. The molecule has 1 aromatic carbocycles. The summed E-state index contributed by atoms with van der Waals surface area (Å²) in [5.41, 5.74) is 0. The smallest absolute Gasteiger partial charge is 0.223 e. The minimum absolute atomic E-state index is 0.362. The summed E-state index contributed by atoms with van der Waals surface area (Å²) in [5, 5.41) is 10.9. The Balaban J connectivity index is 2.22. The number of rotatable bonds is 2. The van der Waals surface area contributed by atoms with Crippen molar-refractivity contribution in [1.29, 1.82) is 0 Å². The van der Waals surface area contributed by atoms with Crippen LogP contribution >= 0.6 is 0 Å². The van der Waals surface area contributed by atoms with Crippen LogP contribution in [0.2, 0.25) is 0 Å². The molecule has 15 heavy (non-hydrogen) atoms. The van der Waals surface area contributed by atoms with Crippen LogP contribution in [0.1, 0.15) is 0 Å². The third kappa shape index (κ3) is 2.43. The quantitative estimate of drug-likeness (QED) is 0.556. The van der Waals surface area contributed by atoms with E-state index in [1.807, 2.05) is 0 Å². The molecule has 0 saturated carbocycles. The minimum Gasteiger partial charge on any atom is -0.619 e. The molecule has 0 radical (unpaired) electrons. The molecule has 0 atom stereocenters. The number of nitrogens with zero attached hydrogens (tertiary/aromatic N) is 1. The molecule has 0 unspecified atom stereocenters. The van der Waals surface area contributed by atoms with Crippen molar-refractivity contribution in [2.24, 2.45) is 0 Å². The second-order valence-electron chi connectivity index (χ2n) is 2.96. The van der Waals surface area contributed by atoms with Gasteiger partial charge in [-0.15, -0.1) is 0 Å². The predicted molar refractivity (Wildman–Crippen MR) is 51.9 cm³/mol. The van der Waals surface area contributed by atoms with Gasteiger partial charge in [0.25, 0.3) is 0 Å². The number of ether oxygens (including phenoxy) is 1. The first-order chi connectivity index (χ1) is 7.24. The number of pyridine rings is 1. The summed E-state index contributed by atoms with van der Waals surface area (Å²) in [5.74, 6) is 0.359. The van der Waals surface area contributed by atoms with Crippen LogP contribution in [0.4, 0.5) is 4.39 Å². The fraction of sp³-hybridized carbons (Fsp3) is 0. The molecule has 0 saturated heterocycles. The molecule has 0 bridgehead atoms. The first-order valence-corrected chi connectivity index (χ1v) is 4.36. The normalized spacial score (nSPS) is 9.93. The van der Waals surface area contributed by atoms with Gasteiger partial charge in [-0.2, -0.15) is 4.73 Å². The van der Waals surface area contributed by atoms with E-state index >= 15 is 0 Å². The van der Waals surface area contributed by atoms with Crippen LogP contribution in [0.3, 0.4) is 0 Å². The lowest BCUT2D eigenvalue weighted by Gasteiger charge is -2.04. The molecule has 0 spiro atoms. The molecule has 2 aromatic rings. The molecule has 2 rings (SSSR count). The molecule has 3 nitrogen and oxygen atoms in total. The van der Waals surface area contributed by atoms with E-state index in [0.29, 0.717) is 16.2 Å². The Morgan fingerprint density at radius 1 is 1.13 bits per heavy atom. The number of hydrogen-bond donors (Lipinski definition) is 0. The van der Waals surface area contributed by atoms with Crippen LogP contribution in [-0.2, 0) is 0 Å². The molecule has 0 aliphatic rings. The SMILES string of the molecule is [O-][n+]1cccc(Oc2cccc(F)c2)c1. The lowest BCUT2D eigenvalue weighted by Crippen LogP contribution is -2.23. The van der Waals surface area contributed by atoms with E-state index in [2.05, 4.69) is 0 Å². The highest BCUT2D eigenvalue weighted by atomic mass is 19.1. The summed E-state index contributed by atoms with van der Waals surface area (Å²) in [6.07, 6.45) is 2.61. The van der Waals surface area contributed by atoms with Gasteiger partial charge in [0.1, 0.15) is 11.6 Å². The van der Waals surface area contributed by atoms with Gasteiger partial charge in [-0.05, 0) is 18.2 Å². The van der Waals surface area contributed by atoms with E-state index in [9.17, 15) is 9.60 Å². The highest BCUT2D eigenvalue weighted by molar-refractivity contribution is 5.28. The van der Waals surface area contributed by atoms with Crippen molar-refractivity contribution < 1.29 is 13.9 Å². The number of hydrogen-bond acceptors (Lipinski definition) is 2. The van der Waals surface area contributed by atoms with E-state index in [1.165, 1.54) is 24.5 Å². The Kier molecular flexibility index (Phi) is 2.49. The molecule has 0 N–H and O–H groups in total. The average molecular weight is 205 g/mol. The van der Waals surface area contributed by atoms with Crippen molar-refractivity contribution in [3.05, 3.63) is 59.8 Å². The maximum absolute atomic E-state index is 12.8. The van der Waals surface area contributed by atoms with E-state index < -0.39 is 0 Å². The Labute approximate surface area is 85.9 Å². The lowest BCUT2D eigenvalue weighted by molar-refractivity contribution is -0.605. The van der Waals surface area contributed by atoms with Gasteiger partial charge in [0, 0.05) is 12.1 Å². The van der Waals surface area contributed by atoms with Crippen molar-refractivity contribution in [2.75, 3.05) is 0 Å². The molecular weight excluding hydrogens is 197 g/mol. The Bertz CT molecular complexity index is 430. The minimum atomic E-state index is -0.376. The van der Waals surface area contributed by atoms with E-state index in [0.717, 1.165) is 0 Å². The van der Waals surface area contributed by atoms with Crippen LogP contribution in [0.5, 0.6) is 11.5 Å². The average Bonchev–Trinajstić information content (AvgIpc) is 2.17. The summed E-state index contributed by atoms with van der Waals surface area (Å²) in [6, 6.07) is 8.92. The van der Waals surface area contributed by atoms with Gasteiger partial charge in [0.05, 0.1) is 0 Å². The topological polar surface area (TPSA) is 36.2 Å². The summed E-state index contributed by atoms with van der Waals surface area (Å²) >= 11 is 0. The van der Waals surface area contributed by atoms with Crippen molar-refractivity contribution in [2.45, 2.75) is 0 Å². The van der Waals surface area contributed by atoms with Gasteiger partial charge in [-0.1, -0.05) is 6.07 Å². The lowest BCUT2D eigenvalue weighted by atomic mass is 10.3. The third-order valence-electron chi connectivity index (χ3n) is 1.78. The zero-order valence-electron chi connectivity index (χ0n) is 7.76. The highest BCUT2D eigenvalue weighted by Gasteiger charge is 2.01. The summed E-state index contributed by atoms with van der Waals surface area (Å²) in [7, 11) is 0. The fourth-order valence-corrected chi connectivity index (χ4v) is 1.16. The van der Waals surface area contributed by atoms with Crippen LogP contribution in [0.15, 0.2) is 48.8 Å². The van der Waals surface area contributed by atoms with Gasteiger partial charge < -0.3 is 9.94 Å². The largest absolute Gasteiger partial charge is 0.619 e. The maximum Gasteiger partial charge on any atom is 0.223 e. The van der Waals surface area contributed by atoms with Crippen LogP contribution in [-0.4, -0.2) is 0 Å². The molecule has 1 aromatic heterocycles. The summed E-state index contributed by atoms with van der Waals surface area (Å²) < 4.78 is 18.7. The van der Waals surface area contributed by atoms with Gasteiger partial charge in [0.2, 0.25) is 6.20 Å². The molecule has 0 amide bonds. The second-order valence-corrected chi connectivity index (χ2v) is 2.96. The van der Waals surface area contributed by atoms with Crippen LogP contribution in [0.25, 0.3) is 0 Å². The molecule has 4 heteroatoms. The van der Waals surface area contributed by atoms with E-state index in [-0.39, 0.29) is 5.82 Å². The van der Waals surface area contributed by atoms with Crippen molar-refractivity contribution in [3.63, 3.8) is 0 Å². The van der Waals surface area contributed by atoms with Crippen LogP contribution in [0, 0.1) is 11.0 Å². The van der Waals surface area contributed by atoms with Gasteiger partial charge in [-0.25, -0.2) is 4.39 Å². The van der Waals surface area contributed by atoms with E-state index in [1.54, 1.807) is 24.3 Å². The first kappa shape index (κ1) is 9.45. The monoisotopic (exact) mass is 205 g/mol. The zero-order valence-corrected chi connectivity index (χ0v) is 7.76. The van der Waals surface area contributed by atoms with Crippen molar-refractivity contribution in [1.82, 2.24) is 0 Å². The summed E-state index contributed by atoms with van der Waals surface area (Å²) in [4.78, 5) is 0. The summed E-state index contributed by atoms with van der Waals surface area (Å²) in [6.45, 7) is 0. The fourth-order valence-electron chi connectivity index (χ4n) is 1.16. The Hall–Kier alpha value is -2.10. The molecule has 0 fully saturated rings. The first-order valence-electron chi connectivity index (χ1n) is 4.36. The molecular formula is C11H8FNO2. The van der Waals surface area contributed by atoms with Gasteiger partial charge >= 0.3 is 0 Å². The van der Waals surface area contributed by atoms with Gasteiger partial charge in [0.15, 0.2) is 11.9 Å². The number of benzene rings is 1. The number of aromatic nitrogens is 1.